The maximum atomic E-state index is 9.98. The molecule has 1 unspecified atom stereocenters. The average Bonchev–Trinajstić information content (AvgIpc) is 2.20. The zero-order valence-corrected chi connectivity index (χ0v) is 10.2. The molecule has 0 saturated heterocycles. The van der Waals surface area contributed by atoms with Crippen LogP contribution in [0.3, 0.4) is 0 Å². The third-order valence-corrected chi connectivity index (χ3v) is 2.58. The third kappa shape index (κ3) is 3.70. The van der Waals surface area contributed by atoms with Crippen molar-refractivity contribution in [1.82, 2.24) is 4.98 Å². The van der Waals surface area contributed by atoms with Gasteiger partial charge < -0.3 is 16.2 Å². The second-order valence-corrected chi connectivity index (χ2v) is 4.53. The van der Waals surface area contributed by atoms with E-state index in [0.717, 1.165) is 18.4 Å². The number of nitrogens with one attached hydrogen (secondary N) is 1. The van der Waals surface area contributed by atoms with E-state index in [1.807, 2.05) is 13.8 Å². The highest BCUT2D eigenvalue weighted by molar-refractivity contribution is 5.53. The van der Waals surface area contributed by atoms with E-state index in [9.17, 15) is 5.11 Å². The summed E-state index contributed by atoms with van der Waals surface area (Å²) in [5.41, 5.74) is 6.76. The van der Waals surface area contributed by atoms with Gasteiger partial charge in [0.1, 0.15) is 5.82 Å². The Morgan fingerprint density at radius 3 is 2.81 bits per heavy atom. The first-order chi connectivity index (χ1) is 7.44. The van der Waals surface area contributed by atoms with Crippen LogP contribution in [0.25, 0.3) is 0 Å². The lowest BCUT2D eigenvalue weighted by atomic mass is 10.0. The normalized spacial score (nSPS) is 14.5. The van der Waals surface area contributed by atoms with Crippen molar-refractivity contribution in [3.05, 3.63) is 17.8 Å². The maximum absolute atomic E-state index is 9.98. The Labute approximate surface area is 96.9 Å². The Bertz CT molecular complexity index is 350. The van der Waals surface area contributed by atoms with Crippen molar-refractivity contribution in [3.63, 3.8) is 0 Å². The number of aryl methyl sites for hydroxylation is 1. The Morgan fingerprint density at radius 1 is 1.56 bits per heavy atom. The number of rotatable bonds is 5. The van der Waals surface area contributed by atoms with E-state index in [0.29, 0.717) is 18.1 Å². The molecule has 4 N–H and O–H groups in total. The number of aliphatic hydroxyl groups is 1. The Morgan fingerprint density at radius 2 is 2.25 bits per heavy atom. The molecule has 1 heterocycles. The van der Waals surface area contributed by atoms with Gasteiger partial charge >= 0.3 is 0 Å². The first kappa shape index (κ1) is 12.8. The van der Waals surface area contributed by atoms with Crippen LogP contribution in [-0.2, 0) is 0 Å². The number of pyridine rings is 1. The predicted octanol–water partition coefficient (Wildman–Crippen LogP) is 1.94. The van der Waals surface area contributed by atoms with Gasteiger partial charge in [-0.2, -0.15) is 0 Å². The van der Waals surface area contributed by atoms with Gasteiger partial charge in [0.05, 0.1) is 5.60 Å². The summed E-state index contributed by atoms with van der Waals surface area (Å²) in [6.45, 7) is 6.27. The lowest BCUT2D eigenvalue weighted by molar-refractivity contribution is 0.0636. The van der Waals surface area contributed by atoms with E-state index in [4.69, 9.17) is 5.73 Å². The van der Waals surface area contributed by atoms with Crippen LogP contribution < -0.4 is 11.1 Å². The van der Waals surface area contributed by atoms with Gasteiger partial charge in [-0.05, 0) is 25.8 Å². The molecular formula is C12H21N3O. The first-order valence-corrected chi connectivity index (χ1v) is 5.63. The molecule has 16 heavy (non-hydrogen) atoms. The van der Waals surface area contributed by atoms with Gasteiger partial charge in [-0.15, -0.1) is 0 Å². The van der Waals surface area contributed by atoms with Crippen LogP contribution in [-0.4, -0.2) is 22.2 Å². The number of anilines is 2. The van der Waals surface area contributed by atoms with Gasteiger partial charge in [0.2, 0.25) is 0 Å². The van der Waals surface area contributed by atoms with E-state index < -0.39 is 5.60 Å². The second-order valence-electron chi connectivity index (χ2n) is 4.53. The van der Waals surface area contributed by atoms with E-state index >= 15 is 0 Å². The number of hydrogen-bond donors (Lipinski definition) is 3. The van der Waals surface area contributed by atoms with Crippen molar-refractivity contribution in [3.8, 4) is 0 Å². The molecule has 0 fully saturated rings. The van der Waals surface area contributed by atoms with Crippen LogP contribution in [0, 0.1) is 6.92 Å². The summed E-state index contributed by atoms with van der Waals surface area (Å²) in [4.78, 5) is 4.20. The Balaban J connectivity index is 2.57. The largest absolute Gasteiger partial charge is 0.398 e. The molecule has 90 valence electrons. The Hall–Kier alpha value is -1.29. The molecule has 0 aromatic carbocycles. The monoisotopic (exact) mass is 223 g/mol. The molecule has 4 nitrogen and oxygen atoms in total. The number of aromatic nitrogens is 1. The lowest BCUT2D eigenvalue weighted by Crippen LogP contribution is -2.33. The van der Waals surface area contributed by atoms with Gasteiger partial charge in [0, 0.05) is 24.5 Å². The number of hydrogen-bond acceptors (Lipinski definition) is 4. The molecule has 0 aliphatic heterocycles. The maximum Gasteiger partial charge on any atom is 0.128 e. The molecule has 4 heteroatoms. The average molecular weight is 223 g/mol. The summed E-state index contributed by atoms with van der Waals surface area (Å²) in [5, 5.41) is 13.1. The van der Waals surface area contributed by atoms with Crippen molar-refractivity contribution in [2.75, 3.05) is 17.6 Å². The quantitative estimate of drug-likeness (QED) is 0.713. The van der Waals surface area contributed by atoms with Gasteiger partial charge in [0.15, 0.2) is 0 Å². The van der Waals surface area contributed by atoms with Crippen molar-refractivity contribution >= 4 is 11.5 Å². The van der Waals surface area contributed by atoms with Crippen LogP contribution in [0.5, 0.6) is 0 Å². The smallest absolute Gasteiger partial charge is 0.128 e. The number of nitrogens with zero attached hydrogens (tertiary/aromatic N) is 1. The molecule has 1 aromatic heterocycles. The van der Waals surface area contributed by atoms with Crippen LogP contribution >= 0.6 is 0 Å². The molecular weight excluding hydrogens is 202 g/mol. The van der Waals surface area contributed by atoms with Crippen molar-refractivity contribution in [2.45, 2.75) is 39.2 Å². The molecule has 1 atom stereocenters. The molecule has 0 spiro atoms. The van der Waals surface area contributed by atoms with Crippen molar-refractivity contribution in [2.24, 2.45) is 0 Å². The second kappa shape index (κ2) is 5.16. The molecule has 1 rings (SSSR count). The van der Waals surface area contributed by atoms with Gasteiger partial charge in [0.25, 0.3) is 0 Å². The predicted molar refractivity (Wildman–Crippen MR) is 67.4 cm³/mol. The highest BCUT2D eigenvalue weighted by Crippen LogP contribution is 2.16. The van der Waals surface area contributed by atoms with Crippen LogP contribution in [0.4, 0.5) is 11.5 Å². The molecule has 1 aromatic rings. The van der Waals surface area contributed by atoms with Gasteiger partial charge in [-0.3, -0.25) is 0 Å². The molecule has 0 aliphatic rings. The topological polar surface area (TPSA) is 71.2 Å². The summed E-state index contributed by atoms with van der Waals surface area (Å²) in [5.74, 6) is 0.708. The summed E-state index contributed by atoms with van der Waals surface area (Å²) < 4.78 is 0. The van der Waals surface area contributed by atoms with Gasteiger partial charge in [-0.25, -0.2) is 4.98 Å². The minimum Gasteiger partial charge on any atom is -0.398 e. The number of nitrogens with two attached hydrogens (primary N) is 1. The molecule has 0 radical (unpaired) electrons. The highest BCUT2D eigenvalue weighted by Gasteiger charge is 2.18. The minimum absolute atomic E-state index is 0.482. The Kier molecular flexibility index (Phi) is 4.12. The van der Waals surface area contributed by atoms with E-state index in [-0.39, 0.29) is 0 Å². The lowest BCUT2D eigenvalue weighted by Gasteiger charge is -2.23. The number of nitrogen functional groups attached to an aromatic ring is 1. The van der Waals surface area contributed by atoms with Crippen LogP contribution in [0.1, 0.15) is 32.3 Å². The summed E-state index contributed by atoms with van der Waals surface area (Å²) >= 11 is 0. The van der Waals surface area contributed by atoms with E-state index in [1.54, 1.807) is 12.3 Å². The van der Waals surface area contributed by atoms with E-state index in [2.05, 4.69) is 17.2 Å². The summed E-state index contributed by atoms with van der Waals surface area (Å²) in [7, 11) is 0. The standard InChI is InChI=1S/C12H21N3O/c1-4-5-12(3,16)8-15-11-6-10(13)9(2)7-14-11/h6-7,16H,4-5,8H2,1-3H3,(H3,13,14,15). The third-order valence-electron chi connectivity index (χ3n) is 2.58. The zero-order valence-electron chi connectivity index (χ0n) is 10.2. The SMILES string of the molecule is CCCC(C)(O)CNc1cc(N)c(C)cn1. The molecule has 0 amide bonds. The highest BCUT2D eigenvalue weighted by atomic mass is 16.3. The molecule has 0 aliphatic carbocycles. The zero-order chi connectivity index (χ0) is 12.2. The first-order valence-electron chi connectivity index (χ1n) is 5.63. The fourth-order valence-electron chi connectivity index (χ4n) is 1.54. The summed E-state index contributed by atoms with van der Waals surface area (Å²) in [6.07, 6.45) is 3.45. The van der Waals surface area contributed by atoms with Crippen molar-refractivity contribution in [1.29, 1.82) is 0 Å². The van der Waals surface area contributed by atoms with Crippen molar-refractivity contribution < 1.29 is 5.11 Å². The fraction of sp³-hybridized carbons (Fsp3) is 0.583. The van der Waals surface area contributed by atoms with E-state index in [1.165, 1.54) is 0 Å². The molecule has 0 bridgehead atoms. The van der Waals surface area contributed by atoms with Crippen LogP contribution in [0.15, 0.2) is 12.3 Å². The summed E-state index contributed by atoms with van der Waals surface area (Å²) in [6, 6.07) is 1.79. The van der Waals surface area contributed by atoms with Gasteiger partial charge in [-0.1, -0.05) is 13.3 Å². The van der Waals surface area contributed by atoms with Crippen LogP contribution in [0.2, 0.25) is 0 Å². The minimum atomic E-state index is -0.698. The fourth-order valence-corrected chi connectivity index (χ4v) is 1.54. The molecule has 0 saturated carbocycles.